The molecule has 0 saturated heterocycles. The maximum Gasteiger partial charge on any atom is 0.409 e. The molecule has 0 N–H and O–H groups in total. The van der Waals surface area contributed by atoms with E-state index in [-0.39, 0.29) is 14.2 Å². The lowest BCUT2D eigenvalue weighted by Crippen LogP contribution is -2.09. The van der Waals surface area contributed by atoms with Crippen LogP contribution in [-0.4, -0.2) is 11.6 Å². The monoisotopic (exact) mass is 225 g/mol. The number of halogens is 3. The van der Waals surface area contributed by atoms with Crippen LogP contribution in [0.5, 0.6) is 0 Å². The second kappa shape index (κ2) is 5.95. The van der Waals surface area contributed by atoms with Crippen LogP contribution >= 0.6 is 8.58 Å². The molecule has 14 heavy (non-hydrogen) atoms. The largest absolute Gasteiger partial charge is 0.409 e. The van der Waals surface area contributed by atoms with Crippen LogP contribution in [0.15, 0.2) is 0 Å². The van der Waals surface area contributed by atoms with Crippen LogP contribution in [0.1, 0.15) is 51.4 Å². The van der Waals surface area contributed by atoms with Gasteiger partial charge in [-0.05, 0) is 18.5 Å². The molecule has 1 rings (SSSR count). The zero-order valence-electron chi connectivity index (χ0n) is 8.32. The van der Waals surface area contributed by atoms with Gasteiger partial charge in [-0.1, -0.05) is 38.5 Å². The third kappa shape index (κ3) is 5.85. The number of alkyl halides is 3. The first kappa shape index (κ1) is 12.3. The smallest absolute Gasteiger partial charge is 0.167 e. The number of hydrogen-bond acceptors (Lipinski definition) is 0. The fraction of sp³-hybridized carbons (Fsp3) is 1.00. The van der Waals surface area contributed by atoms with Crippen LogP contribution in [0.25, 0.3) is 0 Å². The van der Waals surface area contributed by atoms with Gasteiger partial charge in [0.25, 0.3) is 0 Å². The predicted molar refractivity (Wildman–Crippen MR) is 53.7 cm³/mol. The highest BCUT2D eigenvalue weighted by Crippen LogP contribution is 2.44. The zero-order chi connectivity index (χ0) is 10.4. The van der Waals surface area contributed by atoms with Gasteiger partial charge in [0.15, 0.2) is 0 Å². The van der Waals surface area contributed by atoms with Crippen molar-refractivity contribution in [3.05, 3.63) is 0 Å². The van der Waals surface area contributed by atoms with Crippen LogP contribution in [-0.2, 0) is 0 Å². The van der Waals surface area contributed by atoms with Crippen molar-refractivity contribution >= 4 is 8.58 Å². The van der Waals surface area contributed by atoms with E-state index in [2.05, 4.69) is 0 Å². The zero-order valence-corrected chi connectivity index (χ0v) is 9.21. The fourth-order valence-corrected chi connectivity index (χ4v) is 2.98. The minimum atomic E-state index is -3.99. The molecular formula is C10H17F3P. The normalized spacial score (nSPS) is 23.4. The molecule has 4 heteroatoms. The molecule has 0 amide bonds. The number of hydrogen-bond donors (Lipinski definition) is 0. The molecule has 0 nitrogen and oxygen atoms in total. The molecule has 0 bridgehead atoms. The highest BCUT2D eigenvalue weighted by molar-refractivity contribution is 7.40. The first-order valence-corrected chi connectivity index (χ1v) is 6.33. The summed E-state index contributed by atoms with van der Waals surface area (Å²) in [4.78, 5) is 0. The summed E-state index contributed by atoms with van der Waals surface area (Å²) in [6.07, 6.45) is 8.13. The molecule has 1 aliphatic rings. The molecule has 1 radical (unpaired) electrons. The van der Waals surface area contributed by atoms with E-state index in [0.29, 0.717) is 0 Å². The van der Waals surface area contributed by atoms with E-state index >= 15 is 0 Å². The summed E-state index contributed by atoms with van der Waals surface area (Å²) >= 11 is 0. The average Bonchev–Trinajstić information content (AvgIpc) is 2.15. The Balaban J connectivity index is 2.32. The van der Waals surface area contributed by atoms with Gasteiger partial charge < -0.3 is 0 Å². The van der Waals surface area contributed by atoms with Gasteiger partial charge >= 0.3 is 5.92 Å². The lowest BCUT2D eigenvalue weighted by molar-refractivity contribution is -0.0379. The summed E-state index contributed by atoms with van der Waals surface area (Å²) in [6.45, 7) is 0. The molecule has 0 aliphatic heterocycles. The minimum absolute atomic E-state index is 0.131. The van der Waals surface area contributed by atoms with Gasteiger partial charge in [0, 0.05) is 8.58 Å². The maximum atomic E-state index is 12.2. The molecule has 0 heterocycles. The van der Waals surface area contributed by atoms with Crippen molar-refractivity contribution in [1.29, 1.82) is 0 Å². The molecule has 1 saturated carbocycles. The van der Waals surface area contributed by atoms with E-state index in [1.165, 1.54) is 12.8 Å². The van der Waals surface area contributed by atoms with Crippen molar-refractivity contribution in [3.63, 3.8) is 0 Å². The van der Waals surface area contributed by atoms with Crippen molar-refractivity contribution in [1.82, 2.24) is 0 Å². The molecular weight excluding hydrogens is 208 g/mol. The van der Waals surface area contributed by atoms with E-state index < -0.39 is 5.92 Å². The van der Waals surface area contributed by atoms with Gasteiger partial charge in [-0.15, -0.1) is 0 Å². The molecule has 0 unspecified atom stereocenters. The van der Waals surface area contributed by atoms with Crippen molar-refractivity contribution in [2.24, 2.45) is 0 Å². The second-order valence-corrected chi connectivity index (χ2v) is 5.45. The van der Waals surface area contributed by atoms with E-state index in [1.807, 2.05) is 0 Å². The van der Waals surface area contributed by atoms with Crippen LogP contribution in [0.2, 0.25) is 0 Å². The van der Waals surface area contributed by atoms with Crippen molar-refractivity contribution in [2.45, 2.75) is 62.9 Å². The Morgan fingerprint density at radius 1 is 0.786 bits per heavy atom. The summed E-state index contributed by atoms with van der Waals surface area (Å²) in [5.41, 5.74) is -0.131. The fourth-order valence-electron chi connectivity index (χ4n) is 1.95. The standard InChI is InChI=1S/C10H17F3P/c11-10(12,13)14-9-7-5-3-1-2-4-6-8-9/h9H,1-8H2. The summed E-state index contributed by atoms with van der Waals surface area (Å²) in [6, 6.07) is 0. The van der Waals surface area contributed by atoms with Gasteiger partial charge in [-0.2, -0.15) is 13.2 Å². The molecule has 0 aromatic carbocycles. The molecule has 1 aliphatic carbocycles. The van der Waals surface area contributed by atoms with Crippen molar-refractivity contribution < 1.29 is 13.2 Å². The summed E-state index contributed by atoms with van der Waals surface area (Å²) in [5.74, 6) is -3.99. The third-order valence-corrected chi connectivity index (χ3v) is 3.83. The summed E-state index contributed by atoms with van der Waals surface area (Å²) < 4.78 is 36.5. The Morgan fingerprint density at radius 2 is 1.21 bits per heavy atom. The minimum Gasteiger partial charge on any atom is -0.167 e. The Kier molecular flexibility index (Phi) is 5.22. The SMILES string of the molecule is FC(F)(F)[P]C1CCCCCCCC1. The summed E-state index contributed by atoms with van der Waals surface area (Å²) in [7, 11) is -0.305. The quantitative estimate of drug-likeness (QED) is 0.553. The van der Waals surface area contributed by atoms with E-state index in [4.69, 9.17) is 0 Å². The van der Waals surface area contributed by atoms with Gasteiger partial charge in [0.05, 0.1) is 0 Å². The number of rotatable bonds is 1. The molecule has 0 aromatic rings. The molecule has 0 aromatic heterocycles. The first-order valence-electron chi connectivity index (χ1n) is 5.37. The van der Waals surface area contributed by atoms with Gasteiger partial charge in [-0.25, -0.2) is 0 Å². The molecule has 0 atom stereocenters. The van der Waals surface area contributed by atoms with Gasteiger partial charge in [0.1, 0.15) is 0 Å². The molecule has 0 spiro atoms. The molecule has 1 fully saturated rings. The van der Waals surface area contributed by atoms with Crippen LogP contribution < -0.4 is 0 Å². The van der Waals surface area contributed by atoms with Crippen LogP contribution in [0.3, 0.4) is 0 Å². The van der Waals surface area contributed by atoms with Crippen LogP contribution in [0, 0.1) is 0 Å². The Bertz CT molecular complexity index is 146. The molecule has 83 valence electrons. The Labute approximate surface area is 85.4 Å². The predicted octanol–water partition coefficient (Wildman–Crippen LogP) is 4.96. The highest BCUT2D eigenvalue weighted by Gasteiger charge is 2.32. The van der Waals surface area contributed by atoms with Crippen molar-refractivity contribution in [3.8, 4) is 0 Å². The second-order valence-electron chi connectivity index (χ2n) is 3.95. The summed E-state index contributed by atoms with van der Waals surface area (Å²) in [5, 5.41) is 0. The highest BCUT2D eigenvalue weighted by atomic mass is 31.1. The Morgan fingerprint density at radius 3 is 1.64 bits per heavy atom. The lowest BCUT2D eigenvalue weighted by Gasteiger charge is -2.16. The maximum absolute atomic E-state index is 12.2. The van der Waals surface area contributed by atoms with E-state index in [9.17, 15) is 13.2 Å². The van der Waals surface area contributed by atoms with Gasteiger partial charge in [0.2, 0.25) is 0 Å². The van der Waals surface area contributed by atoms with E-state index in [1.54, 1.807) is 0 Å². The topological polar surface area (TPSA) is 0 Å². The Hall–Kier alpha value is 0.220. The third-order valence-electron chi connectivity index (χ3n) is 2.65. The lowest BCUT2D eigenvalue weighted by atomic mass is 10.1. The first-order chi connectivity index (χ1) is 6.58. The van der Waals surface area contributed by atoms with Gasteiger partial charge in [-0.3, -0.25) is 0 Å². The van der Waals surface area contributed by atoms with E-state index in [0.717, 1.165) is 38.5 Å². The van der Waals surface area contributed by atoms with Crippen LogP contribution in [0.4, 0.5) is 13.2 Å². The van der Waals surface area contributed by atoms with Crippen molar-refractivity contribution in [2.75, 3.05) is 0 Å². The average molecular weight is 225 g/mol.